The second kappa shape index (κ2) is 18.5. The third-order valence-corrected chi connectivity index (χ3v) is 7.85. The number of aliphatic hydroxyl groups excluding tert-OH is 3. The Labute approximate surface area is 280 Å². The van der Waals surface area contributed by atoms with Gasteiger partial charge < -0.3 is 39.0 Å². The van der Waals surface area contributed by atoms with Crippen molar-refractivity contribution in [1.29, 1.82) is 0 Å². The van der Waals surface area contributed by atoms with Crippen molar-refractivity contribution in [2.45, 2.75) is 118 Å². The summed E-state index contributed by atoms with van der Waals surface area (Å²) >= 11 is 0. The molecular formula is C37H56O10. The van der Waals surface area contributed by atoms with Crippen LogP contribution in [-0.4, -0.2) is 77.5 Å². The third-order valence-electron chi connectivity index (χ3n) is 7.85. The summed E-state index contributed by atoms with van der Waals surface area (Å²) in [5.41, 5.74) is 1.92. The predicted molar refractivity (Wildman–Crippen MR) is 179 cm³/mol. The average molecular weight is 661 g/mol. The molecule has 5 unspecified atom stereocenters. The van der Waals surface area contributed by atoms with Gasteiger partial charge in [0.15, 0.2) is 12.6 Å². The van der Waals surface area contributed by atoms with Crippen LogP contribution in [0.2, 0.25) is 0 Å². The molecule has 3 N–H and O–H groups in total. The summed E-state index contributed by atoms with van der Waals surface area (Å²) in [5, 5.41) is 30.9. The summed E-state index contributed by atoms with van der Waals surface area (Å²) in [6.45, 7) is 18.4. The first-order chi connectivity index (χ1) is 21.9. The molecule has 0 heterocycles. The maximum Gasteiger partial charge on any atom is 0.338 e. The number of hydrogen-bond donors (Lipinski definition) is 3. The summed E-state index contributed by atoms with van der Waals surface area (Å²) in [5.74, 6) is -0.894. The molecule has 0 fully saturated rings. The van der Waals surface area contributed by atoms with Gasteiger partial charge in [0.05, 0.1) is 24.2 Å². The van der Waals surface area contributed by atoms with Crippen LogP contribution in [0.4, 0.5) is 0 Å². The smallest absolute Gasteiger partial charge is 0.338 e. The fourth-order valence-corrected chi connectivity index (χ4v) is 4.57. The molecule has 264 valence electrons. The zero-order valence-electron chi connectivity index (χ0n) is 29.6. The minimum Gasteiger partial charge on any atom is -0.491 e. The standard InChI is InChI=1S/C37H56O10/c1-22(2)33(39)31(47-35(41)24(5)6)21-44-36(42)26-11-13-27(14-12-26)37(9,10)28-15-17-29(18-16-28)43-20-30(46-34(40)23(3)4)19-32(38)45-25(7)8/h11-18,22-25,30-31,33-35,39-41H,19-21H2,1-10H3. The zero-order chi connectivity index (χ0) is 35.5. The zero-order valence-corrected chi connectivity index (χ0v) is 29.6. The van der Waals surface area contributed by atoms with E-state index in [-0.39, 0.29) is 43.5 Å². The maximum absolute atomic E-state index is 12.9. The van der Waals surface area contributed by atoms with Crippen molar-refractivity contribution in [3.05, 3.63) is 65.2 Å². The Morgan fingerprint density at radius 1 is 0.702 bits per heavy atom. The van der Waals surface area contributed by atoms with E-state index in [2.05, 4.69) is 13.8 Å². The van der Waals surface area contributed by atoms with Crippen LogP contribution in [0.1, 0.15) is 97.1 Å². The van der Waals surface area contributed by atoms with Gasteiger partial charge in [0.1, 0.15) is 31.2 Å². The Bertz CT molecular complexity index is 1220. The molecule has 0 saturated carbocycles. The molecule has 0 amide bonds. The van der Waals surface area contributed by atoms with E-state index in [0.29, 0.717) is 11.3 Å². The molecule has 5 atom stereocenters. The summed E-state index contributed by atoms with van der Waals surface area (Å²) in [6.07, 6.45) is -4.92. The van der Waals surface area contributed by atoms with Crippen molar-refractivity contribution < 1.29 is 48.6 Å². The number of ether oxygens (including phenoxy) is 5. The fraction of sp³-hybridized carbons (Fsp3) is 0.622. The van der Waals surface area contributed by atoms with Crippen LogP contribution in [-0.2, 0) is 29.2 Å². The lowest BCUT2D eigenvalue weighted by Gasteiger charge is -2.29. The van der Waals surface area contributed by atoms with Crippen LogP contribution < -0.4 is 4.74 Å². The lowest BCUT2D eigenvalue weighted by Crippen LogP contribution is -2.41. The van der Waals surface area contributed by atoms with Crippen molar-refractivity contribution in [1.82, 2.24) is 0 Å². The van der Waals surface area contributed by atoms with Crippen LogP contribution in [0, 0.1) is 17.8 Å². The molecule has 10 heteroatoms. The van der Waals surface area contributed by atoms with Crippen molar-refractivity contribution in [2.75, 3.05) is 13.2 Å². The molecule has 2 aromatic carbocycles. The molecule has 0 aliphatic rings. The Balaban J connectivity index is 2.07. The first-order valence-corrected chi connectivity index (χ1v) is 16.5. The van der Waals surface area contributed by atoms with Gasteiger partial charge in [-0.1, -0.05) is 79.7 Å². The second-order valence-electron chi connectivity index (χ2n) is 13.8. The summed E-state index contributed by atoms with van der Waals surface area (Å²) in [7, 11) is 0. The van der Waals surface area contributed by atoms with E-state index < -0.39 is 48.2 Å². The van der Waals surface area contributed by atoms with Crippen LogP contribution >= 0.6 is 0 Å². The van der Waals surface area contributed by atoms with Gasteiger partial charge in [0, 0.05) is 17.3 Å². The third kappa shape index (κ3) is 12.8. The molecule has 0 saturated heterocycles. The Kier molecular flexibility index (Phi) is 15.8. The summed E-state index contributed by atoms with van der Waals surface area (Å²) in [6, 6.07) is 14.7. The van der Waals surface area contributed by atoms with Crippen LogP contribution in [0.15, 0.2) is 48.5 Å². The van der Waals surface area contributed by atoms with Gasteiger partial charge in [-0.15, -0.1) is 0 Å². The number of hydrogen-bond acceptors (Lipinski definition) is 10. The maximum atomic E-state index is 12.9. The van der Waals surface area contributed by atoms with Gasteiger partial charge in [-0.3, -0.25) is 4.79 Å². The first kappa shape index (κ1) is 40.2. The molecule has 0 spiro atoms. The van der Waals surface area contributed by atoms with E-state index in [1.807, 2.05) is 64.1 Å². The van der Waals surface area contributed by atoms with Gasteiger partial charge in [-0.2, -0.15) is 0 Å². The molecule has 47 heavy (non-hydrogen) atoms. The van der Waals surface area contributed by atoms with Gasteiger partial charge in [-0.05, 0) is 55.2 Å². The number of benzene rings is 2. The molecule has 0 aliphatic heterocycles. The van der Waals surface area contributed by atoms with Crippen molar-refractivity contribution in [3.63, 3.8) is 0 Å². The molecule has 2 aromatic rings. The van der Waals surface area contributed by atoms with E-state index in [1.54, 1.807) is 39.8 Å². The van der Waals surface area contributed by atoms with E-state index in [0.717, 1.165) is 11.1 Å². The average Bonchev–Trinajstić information content (AvgIpc) is 3.00. The second-order valence-corrected chi connectivity index (χ2v) is 13.8. The van der Waals surface area contributed by atoms with Gasteiger partial charge in [0.25, 0.3) is 0 Å². The number of aliphatic hydroxyl groups is 3. The van der Waals surface area contributed by atoms with Crippen LogP contribution in [0.3, 0.4) is 0 Å². The van der Waals surface area contributed by atoms with E-state index in [1.165, 1.54) is 0 Å². The SMILES string of the molecule is CC(C)OC(=O)CC(COc1ccc(C(C)(C)c2ccc(C(=O)OCC(OC(O)C(C)C)C(O)C(C)C)cc2)cc1)OC(O)C(C)C. The Hall–Kier alpha value is -3.02. The highest BCUT2D eigenvalue weighted by Crippen LogP contribution is 2.33. The van der Waals surface area contributed by atoms with Gasteiger partial charge in [0.2, 0.25) is 0 Å². The normalized spacial score (nSPS) is 15.4. The Morgan fingerprint density at radius 2 is 1.21 bits per heavy atom. The first-order valence-electron chi connectivity index (χ1n) is 16.5. The van der Waals surface area contributed by atoms with Crippen molar-refractivity contribution >= 4 is 11.9 Å². The van der Waals surface area contributed by atoms with Gasteiger partial charge >= 0.3 is 11.9 Å². The monoisotopic (exact) mass is 660 g/mol. The summed E-state index contributed by atoms with van der Waals surface area (Å²) in [4.78, 5) is 25.1. The molecule has 0 aliphatic carbocycles. The van der Waals surface area contributed by atoms with E-state index >= 15 is 0 Å². The summed E-state index contributed by atoms with van der Waals surface area (Å²) < 4.78 is 28.0. The minimum atomic E-state index is -1.09. The number of rotatable bonds is 19. The van der Waals surface area contributed by atoms with Crippen molar-refractivity contribution in [3.8, 4) is 5.75 Å². The molecule has 10 nitrogen and oxygen atoms in total. The lowest BCUT2D eigenvalue weighted by molar-refractivity contribution is -0.198. The number of carbonyl (C=O) groups is 2. The largest absolute Gasteiger partial charge is 0.491 e. The molecule has 2 rings (SSSR count). The highest BCUT2D eigenvalue weighted by atomic mass is 16.6. The quantitative estimate of drug-likeness (QED) is 0.128. The Morgan fingerprint density at radius 3 is 1.70 bits per heavy atom. The van der Waals surface area contributed by atoms with Crippen LogP contribution in [0.5, 0.6) is 5.75 Å². The van der Waals surface area contributed by atoms with Gasteiger partial charge in [-0.25, -0.2) is 4.79 Å². The molecule has 0 radical (unpaired) electrons. The highest BCUT2D eigenvalue weighted by Gasteiger charge is 2.29. The molecule has 0 aromatic heterocycles. The predicted octanol–water partition coefficient (Wildman–Crippen LogP) is 5.63. The topological polar surface area (TPSA) is 141 Å². The highest BCUT2D eigenvalue weighted by molar-refractivity contribution is 5.89. The van der Waals surface area contributed by atoms with Crippen LogP contribution in [0.25, 0.3) is 0 Å². The number of esters is 2. The minimum absolute atomic E-state index is 0.0495. The molecular weight excluding hydrogens is 604 g/mol. The van der Waals surface area contributed by atoms with E-state index in [9.17, 15) is 24.9 Å². The van der Waals surface area contributed by atoms with E-state index in [4.69, 9.17) is 23.7 Å². The fourth-order valence-electron chi connectivity index (χ4n) is 4.57. The molecule has 0 bridgehead atoms. The lowest BCUT2D eigenvalue weighted by atomic mass is 9.78. The van der Waals surface area contributed by atoms with Crippen molar-refractivity contribution in [2.24, 2.45) is 17.8 Å². The number of carbonyl (C=O) groups excluding carboxylic acids is 2.